The fourth-order valence-electron chi connectivity index (χ4n) is 4.75. The number of piperidine rings is 1. The Balaban J connectivity index is 1.41. The zero-order chi connectivity index (χ0) is 26.9. The van der Waals surface area contributed by atoms with E-state index in [0.717, 1.165) is 64.5 Å². The van der Waals surface area contributed by atoms with Gasteiger partial charge in [0.2, 0.25) is 0 Å². The molecule has 1 aromatic heterocycles. The van der Waals surface area contributed by atoms with E-state index in [4.69, 9.17) is 0 Å². The summed E-state index contributed by atoms with van der Waals surface area (Å²) in [5, 5.41) is 3.14. The first-order valence-electron chi connectivity index (χ1n) is 13.4. The topological polar surface area (TPSA) is 75.2 Å². The van der Waals surface area contributed by atoms with Gasteiger partial charge in [-0.15, -0.1) is 0 Å². The van der Waals surface area contributed by atoms with E-state index >= 15 is 0 Å². The number of carbonyl (C=O) groups is 2. The Morgan fingerprint density at radius 1 is 0.897 bits per heavy atom. The third kappa shape index (κ3) is 6.92. The lowest BCUT2D eigenvalue weighted by Gasteiger charge is -2.29. The van der Waals surface area contributed by atoms with Gasteiger partial charge in [0, 0.05) is 77.0 Å². The number of nitrogens with zero attached hydrogens (tertiary/aromatic N) is 3. The number of hydrogen-bond donors (Lipinski definition) is 1. The number of hydrogen-bond acceptors (Lipinski definition) is 6. The molecule has 0 spiro atoms. The molecule has 1 amide bonds. The first-order valence-corrected chi connectivity index (χ1v) is 14.6. The Hall–Kier alpha value is -3.97. The van der Waals surface area contributed by atoms with Crippen LogP contribution >= 0.6 is 11.8 Å². The molecular formula is C32H32N4O2S. The predicted octanol–water partition coefficient (Wildman–Crippen LogP) is 6.88. The number of aldehydes is 1. The third-order valence-corrected chi connectivity index (χ3v) is 7.87. The molecule has 0 atom stereocenters. The molecule has 0 bridgehead atoms. The van der Waals surface area contributed by atoms with Gasteiger partial charge in [0.25, 0.3) is 5.91 Å². The summed E-state index contributed by atoms with van der Waals surface area (Å²) in [7, 11) is 0. The van der Waals surface area contributed by atoms with Crippen molar-refractivity contribution in [2.24, 2.45) is 0 Å². The number of nitrogens with one attached hydrogen (secondary N) is 1. The summed E-state index contributed by atoms with van der Waals surface area (Å²) < 4.78 is 0. The van der Waals surface area contributed by atoms with Gasteiger partial charge in [-0.2, -0.15) is 11.8 Å². The molecule has 1 aliphatic rings. The van der Waals surface area contributed by atoms with Gasteiger partial charge in [-0.1, -0.05) is 42.5 Å². The van der Waals surface area contributed by atoms with Crippen LogP contribution in [0.5, 0.6) is 0 Å². The quantitative estimate of drug-likeness (QED) is 0.176. The van der Waals surface area contributed by atoms with Crippen molar-refractivity contribution in [3.05, 3.63) is 96.3 Å². The van der Waals surface area contributed by atoms with Gasteiger partial charge in [-0.05, 0) is 55.2 Å². The number of amides is 1. The first kappa shape index (κ1) is 26.6. The number of thioether (sulfide) groups is 1. The molecule has 1 aliphatic heterocycles. The minimum absolute atomic E-state index is 0.163. The van der Waals surface area contributed by atoms with Crippen LogP contribution in [0.3, 0.4) is 0 Å². The fourth-order valence-corrected chi connectivity index (χ4v) is 5.57. The molecule has 4 aromatic rings. The Morgan fingerprint density at radius 2 is 1.69 bits per heavy atom. The molecule has 198 valence electrons. The van der Waals surface area contributed by atoms with Crippen molar-refractivity contribution in [3.63, 3.8) is 0 Å². The zero-order valence-corrected chi connectivity index (χ0v) is 22.7. The van der Waals surface area contributed by atoms with Gasteiger partial charge in [0.05, 0.1) is 0 Å². The molecule has 7 heteroatoms. The number of carbonyl (C=O) groups excluding carboxylic acids is 2. The summed E-state index contributed by atoms with van der Waals surface area (Å²) in [5.41, 5.74) is 6.24. The minimum Gasteiger partial charge on any atom is -0.372 e. The van der Waals surface area contributed by atoms with Gasteiger partial charge >= 0.3 is 0 Å². The molecule has 3 aromatic carbocycles. The van der Waals surface area contributed by atoms with E-state index in [2.05, 4.69) is 32.3 Å². The minimum atomic E-state index is -0.163. The zero-order valence-electron chi connectivity index (χ0n) is 21.9. The summed E-state index contributed by atoms with van der Waals surface area (Å²) in [5.74, 6) is 2.04. The van der Waals surface area contributed by atoms with Crippen LogP contribution in [0, 0.1) is 0 Å². The number of benzene rings is 3. The van der Waals surface area contributed by atoms with Crippen LogP contribution in [0.25, 0.3) is 22.5 Å². The second-order valence-electron chi connectivity index (χ2n) is 9.60. The molecule has 0 aliphatic carbocycles. The van der Waals surface area contributed by atoms with Gasteiger partial charge < -0.3 is 15.0 Å². The predicted molar refractivity (Wildman–Crippen MR) is 160 cm³/mol. The highest BCUT2D eigenvalue weighted by Crippen LogP contribution is 2.33. The van der Waals surface area contributed by atoms with Crippen molar-refractivity contribution >= 4 is 35.3 Å². The maximum Gasteiger partial charge on any atom is 0.255 e. The van der Waals surface area contributed by atoms with E-state index in [0.29, 0.717) is 17.8 Å². The standard InChI is InChI=1S/C32H32N4O2S/c37-17-8-18-39-23-24-9-7-12-26(19-24)32(38)35-30-14-13-28(36-15-5-2-6-16-36)20-29(30)27-21-33-31(34-22-27)25-10-3-1-4-11-25/h1,3-4,7,9-14,17,19-22H,2,5-6,8,15-16,18,23H2,(H,35,38). The van der Waals surface area contributed by atoms with Crippen molar-refractivity contribution in [3.8, 4) is 22.5 Å². The summed E-state index contributed by atoms with van der Waals surface area (Å²) in [6.45, 7) is 2.07. The second kappa shape index (κ2) is 13.2. The molecule has 1 N–H and O–H groups in total. The van der Waals surface area contributed by atoms with Crippen LogP contribution in [0.4, 0.5) is 11.4 Å². The lowest BCUT2D eigenvalue weighted by Crippen LogP contribution is -2.29. The molecule has 5 rings (SSSR count). The van der Waals surface area contributed by atoms with Crippen molar-refractivity contribution in [1.82, 2.24) is 9.97 Å². The van der Waals surface area contributed by atoms with Crippen LogP contribution in [-0.2, 0) is 10.5 Å². The van der Waals surface area contributed by atoms with Crippen LogP contribution in [0.15, 0.2) is 85.2 Å². The SMILES string of the molecule is O=CCCSCc1cccc(C(=O)Nc2ccc(N3CCCCC3)cc2-c2cnc(-c3ccccc3)nc2)c1. The van der Waals surface area contributed by atoms with Crippen LogP contribution in [-0.4, -0.2) is 41.0 Å². The van der Waals surface area contributed by atoms with Crippen molar-refractivity contribution in [2.45, 2.75) is 31.4 Å². The average Bonchev–Trinajstić information content (AvgIpc) is 3.01. The van der Waals surface area contributed by atoms with Crippen LogP contribution in [0.2, 0.25) is 0 Å². The van der Waals surface area contributed by atoms with Crippen LogP contribution in [0.1, 0.15) is 41.6 Å². The summed E-state index contributed by atoms with van der Waals surface area (Å²) in [6.07, 6.45) is 8.78. The third-order valence-electron chi connectivity index (χ3n) is 6.81. The van der Waals surface area contributed by atoms with Crippen molar-refractivity contribution in [1.29, 1.82) is 0 Å². The number of rotatable bonds is 10. The summed E-state index contributed by atoms with van der Waals surface area (Å²) in [6, 6.07) is 23.8. The first-order chi connectivity index (χ1) is 19.2. The molecule has 0 radical (unpaired) electrons. The Bertz CT molecular complexity index is 1400. The van der Waals surface area contributed by atoms with Gasteiger partial charge in [0.1, 0.15) is 6.29 Å². The highest BCUT2D eigenvalue weighted by Gasteiger charge is 2.17. The molecule has 2 heterocycles. The summed E-state index contributed by atoms with van der Waals surface area (Å²) in [4.78, 5) is 35.6. The molecule has 39 heavy (non-hydrogen) atoms. The van der Waals surface area contributed by atoms with E-state index in [9.17, 15) is 9.59 Å². The Morgan fingerprint density at radius 3 is 2.46 bits per heavy atom. The van der Waals surface area contributed by atoms with E-state index in [1.807, 2.05) is 73.1 Å². The molecule has 0 unspecified atom stereocenters. The number of anilines is 2. The normalized spacial score (nSPS) is 13.2. The monoisotopic (exact) mass is 536 g/mol. The number of aromatic nitrogens is 2. The van der Waals surface area contributed by atoms with E-state index < -0.39 is 0 Å². The highest BCUT2D eigenvalue weighted by atomic mass is 32.2. The summed E-state index contributed by atoms with van der Waals surface area (Å²) >= 11 is 1.69. The molecule has 1 saturated heterocycles. The van der Waals surface area contributed by atoms with E-state index in [-0.39, 0.29) is 5.91 Å². The smallest absolute Gasteiger partial charge is 0.255 e. The fraction of sp³-hybridized carbons (Fsp3) is 0.250. The molecule has 0 saturated carbocycles. The maximum atomic E-state index is 13.3. The highest BCUT2D eigenvalue weighted by molar-refractivity contribution is 7.98. The lowest BCUT2D eigenvalue weighted by molar-refractivity contribution is -0.107. The van der Waals surface area contributed by atoms with Crippen LogP contribution < -0.4 is 10.2 Å². The molecule has 6 nitrogen and oxygen atoms in total. The second-order valence-corrected chi connectivity index (χ2v) is 10.7. The lowest BCUT2D eigenvalue weighted by atomic mass is 10.0. The van der Waals surface area contributed by atoms with Crippen molar-refractivity contribution in [2.75, 3.05) is 29.1 Å². The Labute approximate surface area is 233 Å². The average molecular weight is 537 g/mol. The molecular weight excluding hydrogens is 504 g/mol. The van der Waals surface area contributed by atoms with Crippen molar-refractivity contribution < 1.29 is 9.59 Å². The maximum absolute atomic E-state index is 13.3. The van der Waals surface area contributed by atoms with Gasteiger partial charge in [0.15, 0.2) is 5.82 Å². The largest absolute Gasteiger partial charge is 0.372 e. The van der Waals surface area contributed by atoms with Gasteiger partial charge in [-0.25, -0.2) is 9.97 Å². The Kier molecular flexibility index (Phi) is 9.01. The van der Waals surface area contributed by atoms with Gasteiger partial charge in [-0.3, -0.25) is 4.79 Å². The van der Waals surface area contributed by atoms with E-state index in [1.54, 1.807) is 11.8 Å². The molecule has 1 fully saturated rings. The van der Waals surface area contributed by atoms with E-state index in [1.165, 1.54) is 19.3 Å².